The minimum absolute atomic E-state index is 0.617. The number of thiazole rings is 1. The number of hydrogen-bond donors (Lipinski definition) is 1. The second kappa shape index (κ2) is 4.72. The van der Waals surface area contributed by atoms with Crippen LogP contribution in [0.15, 0.2) is 36.4 Å². The molecule has 0 bridgehead atoms. The van der Waals surface area contributed by atoms with E-state index in [0.717, 1.165) is 26.5 Å². The molecule has 0 saturated carbocycles. The Hall–Kier alpha value is -1.78. The zero-order valence-electron chi connectivity index (χ0n) is 10.2. The second-order valence-electron chi connectivity index (χ2n) is 4.09. The van der Waals surface area contributed by atoms with Crippen molar-refractivity contribution < 1.29 is 4.74 Å². The predicted octanol–water partition coefficient (Wildman–Crippen LogP) is 4.21. The topological polar surface area (TPSA) is 48.1 Å². The van der Waals surface area contributed by atoms with Crippen LogP contribution in [0.25, 0.3) is 20.8 Å². The van der Waals surface area contributed by atoms with Gasteiger partial charge in [0.25, 0.3) is 0 Å². The third-order valence-electron chi connectivity index (χ3n) is 2.82. The molecule has 0 radical (unpaired) electrons. The van der Waals surface area contributed by atoms with Crippen LogP contribution in [0.1, 0.15) is 0 Å². The molecule has 2 N–H and O–H groups in total. The van der Waals surface area contributed by atoms with E-state index >= 15 is 0 Å². The lowest BCUT2D eigenvalue weighted by atomic mass is 10.2. The van der Waals surface area contributed by atoms with Gasteiger partial charge in [-0.05, 0) is 30.3 Å². The molecule has 0 amide bonds. The van der Waals surface area contributed by atoms with Gasteiger partial charge in [0.2, 0.25) is 0 Å². The van der Waals surface area contributed by atoms with Crippen LogP contribution in [0.4, 0.5) is 5.69 Å². The number of hydrogen-bond acceptors (Lipinski definition) is 4. The molecule has 1 heterocycles. The van der Waals surface area contributed by atoms with Gasteiger partial charge in [-0.1, -0.05) is 11.6 Å². The minimum atomic E-state index is 0.617. The molecule has 0 atom stereocenters. The third kappa shape index (κ3) is 2.25. The van der Waals surface area contributed by atoms with Crippen LogP contribution in [-0.4, -0.2) is 12.1 Å². The van der Waals surface area contributed by atoms with Crippen molar-refractivity contribution in [3.63, 3.8) is 0 Å². The molecule has 19 heavy (non-hydrogen) atoms. The number of benzene rings is 2. The zero-order chi connectivity index (χ0) is 13.4. The fraction of sp³-hybridized carbons (Fsp3) is 0.0714. The Morgan fingerprint density at radius 1 is 1.21 bits per heavy atom. The zero-order valence-corrected chi connectivity index (χ0v) is 11.8. The molecule has 1 aromatic heterocycles. The van der Waals surface area contributed by atoms with Gasteiger partial charge in [0.15, 0.2) is 0 Å². The summed E-state index contributed by atoms with van der Waals surface area (Å²) in [5, 5.41) is 1.50. The Kier molecular flexibility index (Phi) is 3.05. The van der Waals surface area contributed by atoms with Gasteiger partial charge in [-0.25, -0.2) is 4.98 Å². The SMILES string of the molecule is COc1ccc2sc(-c3ccc(N)cc3Cl)nc2c1. The van der Waals surface area contributed by atoms with Crippen molar-refractivity contribution in [3.05, 3.63) is 41.4 Å². The number of fused-ring (bicyclic) bond motifs is 1. The van der Waals surface area contributed by atoms with Gasteiger partial charge in [0, 0.05) is 17.3 Å². The van der Waals surface area contributed by atoms with Crippen LogP contribution in [0.3, 0.4) is 0 Å². The molecule has 5 heteroatoms. The number of methoxy groups -OCH3 is 1. The van der Waals surface area contributed by atoms with E-state index in [1.54, 1.807) is 24.5 Å². The summed E-state index contributed by atoms with van der Waals surface area (Å²) >= 11 is 7.81. The highest BCUT2D eigenvalue weighted by Crippen LogP contribution is 2.36. The lowest BCUT2D eigenvalue weighted by molar-refractivity contribution is 0.415. The number of aromatic nitrogens is 1. The van der Waals surface area contributed by atoms with Crippen LogP contribution in [0.5, 0.6) is 5.75 Å². The van der Waals surface area contributed by atoms with E-state index in [2.05, 4.69) is 4.98 Å². The van der Waals surface area contributed by atoms with E-state index in [1.807, 2.05) is 30.3 Å². The maximum absolute atomic E-state index is 6.21. The monoisotopic (exact) mass is 290 g/mol. The summed E-state index contributed by atoms with van der Waals surface area (Å²) in [4.78, 5) is 4.60. The molecule has 0 aliphatic heterocycles. The van der Waals surface area contributed by atoms with Gasteiger partial charge in [0.05, 0.1) is 22.3 Å². The van der Waals surface area contributed by atoms with Crippen LogP contribution in [0, 0.1) is 0 Å². The molecule has 0 aliphatic rings. The average Bonchev–Trinajstić information content (AvgIpc) is 2.80. The van der Waals surface area contributed by atoms with Gasteiger partial charge in [-0.2, -0.15) is 0 Å². The van der Waals surface area contributed by atoms with Crippen LogP contribution in [-0.2, 0) is 0 Å². The highest BCUT2D eigenvalue weighted by atomic mass is 35.5. The highest BCUT2D eigenvalue weighted by molar-refractivity contribution is 7.21. The number of nitrogen functional groups attached to an aromatic ring is 1. The molecule has 0 aliphatic carbocycles. The molecule has 0 saturated heterocycles. The van der Waals surface area contributed by atoms with Gasteiger partial charge >= 0.3 is 0 Å². The number of nitrogens with two attached hydrogens (primary N) is 1. The molecule has 0 unspecified atom stereocenters. The molecule has 3 aromatic rings. The van der Waals surface area contributed by atoms with Gasteiger partial charge in [-0.3, -0.25) is 0 Å². The Balaban J connectivity index is 2.14. The van der Waals surface area contributed by atoms with E-state index in [9.17, 15) is 0 Å². The Morgan fingerprint density at radius 2 is 2.05 bits per heavy atom. The minimum Gasteiger partial charge on any atom is -0.497 e. The molecule has 0 fully saturated rings. The molecular formula is C14H11ClN2OS. The maximum atomic E-state index is 6.21. The Bertz CT molecular complexity index is 754. The molecule has 2 aromatic carbocycles. The number of nitrogens with zero attached hydrogens (tertiary/aromatic N) is 1. The first kappa shape index (κ1) is 12.3. The van der Waals surface area contributed by atoms with Crippen molar-refractivity contribution in [1.82, 2.24) is 4.98 Å². The Labute approximate surface area is 119 Å². The van der Waals surface area contributed by atoms with Crippen molar-refractivity contribution in [1.29, 1.82) is 0 Å². The van der Waals surface area contributed by atoms with E-state index in [1.165, 1.54) is 0 Å². The van der Waals surface area contributed by atoms with Gasteiger partial charge < -0.3 is 10.5 Å². The quantitative estimate of drug-likeness (QED) is 0.719. The number of ether oxygens (including phenoxy) is 1. The summed E-state index contributed by atoms with van der Waals surface area (Å²) in [5.74, 6) is 0.799. The number of halogens is 1. The fourth-order valence-corrected chi connectivity index (χ4v) is 3.17. The Morgan fingerprint density at radius 3 is 2.79 bits per heavy atom. The summed E-state index contributed by atoms with van der Waals surface area (Å²) in [5.41, 5.74) is 8.16. The second-order valence-corrected chi connectivity index (χ2v) is 5.53. The molecular weight excluding hydrogens is 280 g/mol. The number of anilines is 1. The molecule has 0 spiro atoms. The normalized spacial score (nSPS) is 10.8. The predicted molar refractivity (Wildman–Crippen MR) is 81.0 cm³/mol. The molecule has 3 rings (SSSR count). The fourth-order valence-electron chi connectivity index (χ4n) is 1.85. The lowest BCUT2D eigenvalue weighted by Crippen LogP contribution is -1.85. The van der Waals surface area contributed by atoms with Crippen LogP contribution in [0.2, 0.25) is 5.02 Å². The van der Waals surface area contributed by atoms with Crippen molar-refractivity contribution in [2.75, 3.05) is 12.8 Å². The molecule has 96 valence electrons. The summed E-state index contributed by atoms with van der Waals surface area (Å²) in [7, 11) is 1.64. The first-order chi connectivity index (χ1) is 9.17. The average molecular weight is 291 g/mol. The smallest absolute Gasteiger partial charge is 0.126 e. The van der Waals surface area contributed by atoms with Gasteiger partial charge in [-0.15, -0.1) is 11.3 Å². The first-order valence-electron chi connectivity index (χ1n) is 5.67. The standard InChI is InChI=1S/C14H11ClN2OS/c1-18-9-3-5-13-12(7-9)17-14(19-13)10-4-2-8(16)6-11(10)15/h2-7H,16H2,1H3. The summed E-state index contributed by atoms with van der Waals surface area (Å²) in [6.07, 6.45) is 0. The van der Waals surface area contributed by atoms with Crippen LogP contribution < -0.4 is 10.5 Å². The maximum Gasteiger partial charge on any atom is 0.126 e. The lowest BCUT2D eigenvalue weighted by Gasteiger charge is -2.00. The number of rotatable bonds is 2. The molecule has 3 nitrogen and oxygen atoms in total. The summed E-state index contributed by atoms with van der Waals surface area (Å²) < 4.78 is 6.30. The van der Waals surface area contributed by atoms with E-state index in [4.69, 9.17) is 22.1 Å². The van der Waals surface area contributed by atoms with Crippen molar-refractivity contribution >= 4 is 38.8 Å². The van der Waals surface area contributed by atoms with Crippen molar-refractivity contribution in [3.8, 4) is 16.3 Å². The highest BCUT2D eigenvalue weighted by Gasteiger charge is 2.10. The summed E-state index contributed by atoms with van der Waals surface area (Å²) in [6.45, 7) is 0. The van der Waals surface area contributed by atoms with E-state index < -0.39 is 0 Å². The van der Waals surface area contributed by atoms with E-state index in [-0.39, 0.29) is 0 Å². The summed E-state index contributed by atoms with van der Waals surface area (Å²) in [6, 6.07) is 11.3. The first-order valence-corrected chi connectivity index (χ1v) is 6.87. The van der Waals surface area contributed by atoms with Gasteiger partial charge in [0.1, 0.15) is 10.8 Å². The van der Waals surface area contributed by atoms with Crippen molar-refractivity contribution in [2.45, 2.75) is 0 Å². The van der Waals surface area contributed by atoms with Crippen LogP contribution >= 0.6 is 22.9 Å². The largest absolute Gasteiger partial charge is 0.497 e. The van der Waals surface area contributed by atoms with Crippen molar-refractivity contribution in [2.24, 2.45) is 0 Å². The third-order valence-corrected chi connectivity index (χ3v) is 4.20. The van der Waals surface area contributed by atoms with E-state index in [0.29, 0.717) is 10.7 Å².